The van der Waals surface area contributed by atoms with Crippen molar-refractivity contribution in [2.24, 2.45) is 17.4 Å². The van der Waals surface area contributed by atoms with Crippen molar-refractivity contribution >= 4 is 47.3 Å². The van der Waals surface area contributed by atoms with Gasteiger partial charge in [-0.15, -0.1) is 0 Å². The Bertz CT molecular complexity index is 1580. The highest BCUT2D eigenvalue weighted by Crippen LogP contribution is 2.18. The van der Waals surface area contributed by atoms with Crippen LogP contribution in [-0.4, -0.2) is 154 Å². The van der Waals surface area contributed by atoms with Gasteiger partial charge in [-0.05, 0) is 63.5 Å². The van der Waals surface area contributed by atoms with Crippen LogP contribution < -0.4 is 43.4 Å². The monoisotopic (exact) mass is 835 g/mol. The number of carboxylic acid groups (broad SMARTS) is 1. The molecule has 1 fully saturated rings. The van der Waals surface area contributed by atoms with Crippen molar-refractivity contribution in [2.45, 2.75) is 114 Å². The highest BCUT2D eigenvalue weighted by atomic mass is 16.4. The van der Waals surface area contributed by atoms with E-state index in [1.54, 1.807) is 44.2 Å². The van der Waals surface area contributed by atoms with Crippen LogP contribution in [0.1, 0.15) is 64.9 Å². The summed E-state index contributed by atoms with van der Waals surface area (Å²) in [5, 5.41) is 53.2. The van der Waals surface area contributed by atoms with E-state index in [1.807, 2.05) is 0 Å². The first-order valence-corrected chi connectivity index (χ1v) is 19.6. The van der Waals surface area contributed by atoms with Crippen molar-refractivity contribution in [3.05, 3.63) is 35.9 Å². The van der Waals surface area contributed by atoms with Gasteiger partial charge < -0.3 is 68.7 Å². The molecule has 7 amide bonds. The molecule has 1 saturated heterocycles. The van der Waals surface area contributed by atoms with E-state index in [0.717, 1.165) is 0 Å². The molecule has 21 heteroatoms. The van der Waals surface area contributed by atoms with E-state index >= 15 is 0 Å². The minimum atomic E-state index is -1.62. The minimum absolute atomic E-state index is 0.0102. The van der Waals surface area contributed by atoms with Gasteiger partial charge in [0.1, 0.15) is 42.3 Å². The maximum absolute atomic E-state index is 13.7. The van der Waals surface area contributed by atoms with Gasteiger partial charge in [-0.1, -0.05) is 44.2 Å². The second-order valence-corrected chi connectivity index (χ2v) is 14.8. The number of hydrogen-bond acceptors (Lipinski definition) is 13. The molecule has 0 saturated carbocycles. The number of aliphatic carboxylic acids is 1. The van der Waals surface area contributed by atoms with Crippen LogP contribution in [-0.2, 0) is 44.8 Å². The van der Waals surface area contributed by atoms with Crippen molar-refractivity contribution in [1.82, 2.24) is 36.8 Å². The van der Waals surface area contributed by atoms with E-state index < -0.39 is 115 Å². The van der Waals surface area contributed by atoms with Crippen LogP contribution in [0.5, 0.6) is 0 Å². The predicted molar refractivity (Wildman–Crippen MR) is 211 cm³/mol. The van der Waals surface area contributed by atoms with Gasteiger partial charge in [0.05, 0.1) is 25.9 Å². The lowest BCUT2D eigenvalue weighted by Gasteiger charge is -2.28. The Morgan fingerprint density at radius 2 is 1.41 bits per heavy atom. The maximum atomic E-state index is 13.7. The third-order valence-electron chi connectivity index (χ3n) is 9.52. The fourth-order valence-corrected chi connectivity index (χ4v) is 6.26. The van der Waals surface area contributed by atoms with Crippen LogP contribution in [0, 0.1) is 5.92 Å². The third-order valence-corrected chi connectivity index (χ3v) is 9.52. The highest BCUT2D eigenvalue weighted by molar-refractivity contribution is 5.97. The standard InChI is InChI=1S/C38H61N9O12/c1-21(2)16-26(44-34(54)27(43-32(52)24(40)19-48)17-23-10-5-4-6-11-23)35(55)46-31(22(3)50)37(57)42-25(12-7-8-14-39)33(53)41-18-30(51)47-15-9-13-29(47)36(56)45-28(20-49)38(58)59/h4-6,10-11,21-22,24-29,31,48-50H,7-9,12-20,39-40H2,1-3H3,(H,41,53)(H,42,57)(H,43,52)(H,44,54)(H,45,56)(H,46,55)(H,58,59). The number of rotatable bonds is 25. The largest absolute Gasteiger partial charge is 0.480 e. The van der Waals surface area contributed by atoms with Crippen molar-refractivity contribution in [2.75, 3.05) is 32.8 Å². The number of nitrogens with two attached hydrogens (primary N) is 2. The number of aliphatic hydroxyl groups excluding tert-OH is 3. The normalized spacial score (nSPS) is 17.3. The average Bonchev–Trinajstić information content (AvgIpc) is 3.70. The molecular weight excluding hydrogens is 774 g/mol. The molecule has 14 N–H and O–H groups in total. The first kappa shape index (κ1) is 49.9. The van der Waals surface area contributed by atoms with E-state index in [1.165, 1.54) is 11.8 Å². The van der Waals surface area contributed by atoms with Gasteiger partial charge in [0, 0.05) is 13.0 Å². The van der Waals surface area contributed by atoms with Crippen LogP contribution >= 0.6 is 0 Å². The van der Waals surface area contributed by atoms with Crippen LogP contribution in [0.4, 0.5) is 0 Å². The Balaban J connectivity index is 2.20. The zero-order valence-corrected chi connectivity index (χ0v) is 33.7. The molecule has 1 aromatic carbocycles. The molecule has 1 aromatic rings. The van der Waals surface area contributed by atoms with Crippen molar-refractivity contribution < 1.29 is 58.8 Å². The highest BCUT2D eigenvalue weighted by Gasteiger charge is 2.37. The van der Waals surface area contributed by atoms with Gasteiger partial charge in [0.2, 0.25) is 41.4 Å². The number of carbonyl (C=O) groups is 8. The van der Waals surface area contributed by atoms with Crippen molar-refractivity contribution in [3.8, 4) is 0 Å². The van der Waals surface area contributed by atoms with E-state index in [-0.39, 0.29) is 44.7 Å². The van der Waals surface area contributed by atoms with E-state index in [0.29, 0.717) is 24.8 Å². The fraction of sp³-hybridized carbons (Fsp3) is 0.632. The molecule has 1 aliphatic rings. The number of nitrogens with zero attached hydrogens (tertiary/aromatic N) is 1. The van der Waals surface area contributed by atoms with Crippen molar-refractivity contribution in [1.29, 1.82) is 0 Å². The quantitative estimate of drug-likeness (QED) is 0.0415. The molecule has 0 bridgehead atoms. The summed E-state index contributed by atoms with van der Waals surface area (Å²) in [4.78, 5) is 105. The van der Waals surface area contributed by atoms with E-state index in [2.05, 4.69) is 31.9 Å². The molecule has 1 heterocycles. The molecule has 330 valence electrons. The number of likely N-dealkylation sites (tertiary alicyclic amines) is 1. The topological polar surface area (TPSA) is 345 Å². The van der Waals surface area contributed by atoms with Gasteiger partial charge in [-0.2, -0.15) is 0 Å². The summed E-state index contributed by atoms with van der Waals surface area (Å²) in [7, 11) is 0. The van der Waals surface area contributed by atoms with Crippen LogP contribution in [0.15, 0.2) is 30.3 Å². The summed E-state index contributed by atoms with van der Waals surface area (Å²) in [5.41, 5.74) is 12.0. The zero-order chi connectivity index (χ0) is 44.2. The lowest BCUT2D eigenvalue weighted by atomic mass is 10.00. The second kappa shape index (κ2) is 25.3. The van der Waals surface area contributed by atoms with Gasteiger partial charge in [-0.3, -0.25) is 33.6 Å². The Morgan fingerprint density at radius 3 is 1.98 bits per heavy atom. The molecule has 1 aliphatic heterocycles. The lowest BCUT2D eigenvalue weighted by molar-refractivity contribution is -0.145. The smallest absolute Gasteiger partial charge is 0.328 e. The second-order valence-electron chi connectivity index (χ2n) is 14.8. The van der Waals surface area contributed by atoms with Crippen LogP contribution in [0.3, 0.4) is 0 Å². The Kier molecular flexibility index (Phi) is 21.4. The number of unbranched alkanes of at least 4 members (excludes halogenated alkanes) is 1. The first-order valence-electron chi connectivity index (χ1n) is 19.6. The summed E-state index contributed by atoms with van der Waals surface area (Å²) in [6, 6.07) is -0.583. The number of amides is 7. The molecule has 2 rings (SSSR count). The Morgan fingerprint density at radius 1 is 0.780 bits per heavy atom. The molecule has 0 aromatic heterocycles. The van der Waals surface area contributed by atoms with Crippen molar-refractivity contribution in [3.63, 3.8) is 0 Å². The Hall–Kier alpha value is -5.22. The molecular formula is C38H61N9O12. The van der Waals surface area contributed by atoms with Crippen LogP contribution in [0.2, 0.25) is 0 Å². The van der Waals surface area contributed by atoms with E-state index in [4.69, 9.17) is 16.6 Å². The number of aliphatic hydroxyl groups is 3. The van der Waals surface area contributed by atoms with Crippen LogP contribution in [0.25, 0.3) is 0 Å². The molecule has 21 nitrogen and oxygen atoms in total. The minimum Gasteiger partial charge on any atom is -0.480 e. The summed E-state index contributed by atoms with van der Waals surface area (Å²) >= 11 is 0. The molecule has 59 heavy (non-hydrogen) atoms. The summed E-state index contributed by atoms with van der Waals surface area (Å²) in [6.45, 7) is 3.11. The number of hydrogen-bond donors (Lipinski definition) is 12. The molecule has 0 spiro atoms. The van der Waals surface area contributed by atoms with Gasteiger partial charge >= 0.3 is 5.97 Å². The molecule has 8 unspecified atom stereocenters. The predicted octanol–water partition coefficient (Wildman–Crippen LogP) is -4.29. The van der Waals surface area contributed by atoms with Gasteiger partial charge in [0.15, 0.2) is 0 Å². The first-order chi connectivity index (χ1) is 27.9. The third kappa shape index (κ3) is 16.5. The SMILES string of the molecule is CC(C)CC(NC(=O)C(Cc1ccccc1)NC(=O)C(N)CO)C(=O)NC(C(=O)NC(CCCCN)C(=O)NCC(=O)N1CCCC1C(=O)NC(CO)C(=O)O)C(C)O. The molecule has 8 atom stereocenters. The molecule has 0 radical (unpaired) electrons. The average molecular weight is 836 g/mol. The number of carbonyl (C=O) groups excluding carboxylic acids is 7. The van der Waals surface area contributed by atoms with Gasteiger partial charge in [0.25, 0.3) is 0 Å². The number of carboxylic acids is 1. The summed E-state index contributed by atoms with van der Waals surface area (Å²) in [6.07, 6.45) is 0.118. The Labute approximate surface area is 342 Å². The number of nitrogens with one attached hydrogen (secondary N) is 6. The summed E-state index contributed by atoms with van der Waals surface area (Å²) in [5.74, 6) is -7.21. The van der Waals surface area contributed by atoms with Gasteiger partial charge in [-0.25, -0.2) is 4.79 Å². The fourth-order valence-electron chi connectivity index (χ4n) is 6.26. The van der Waals surface area contributed by atoms with E-state index in [9.17, 15) is 53.7 Å². The summed E-state index contributed by atoms with van der Waals surface area (Å²) < 4.78 is 0. The maximum Gasteiger partial charge on any atom is 0.328 e. The molecule has 0 aliphatic carbocycles. The number of benzene rings is 1. The zero-order valence-electron chi connectivity index (χ0n) is 33.7. The lowest BCUT2D eigenvalue weighted by Crippen LogP contribution is -2.61.